The Morgan fingerprint density at radius 1 is 1.41 bits per heavy atom. The minimum Gasteiger partial charge on any atom is -0.344 e. The zero-order valence-electron chi connectivity index (χ0n) is 9.42. The quantitative estimate of drug-likeness (QED) is 0.615. The van der Waals surface area contributed by atoms with Gasteiger partial charge in [-0.2, -0.15) is 0 Å². The average Bonchev–Trinajstić information content (AvgIpc) is 2.30. The Kier molecular flexibility index (Phi) is 4.39. The first-order chi connectivity index (χ1) is 8.04. The van der Waals surface area contributed by atoms with E-state index >= 15 is 0 Å². The van der Waals surface area contributed by atoms with Crippen molar-refractivity contribution in [2.75, 3.05) is 11.9 Å². The monoisotopic (exact) mass is 236 g/mol. The summed E-state index contributed by atoms with van der Waals surface area (Å²) in [6.07, 6.45) is 1.46. The zero-order chi connectivity index (χ0) is 12.8. The lowest BCUT2D eigenvalue weighted by Gasteiger charge is -2.06. The SMILES string of the molecule is C=CCNC(=O)C(=O)Nc1ccc(C)c(F)c1. The van der Waals surface area contributed by atoms with E-state index in [1.54, 1.807) is 6.92 Å². The normalized spacial score (nSPS) is 9.53. The van der Waals surface area contributed by atoms with Crippen LogP contribution in [0.5, 0.6) is 0 Å². The molecule has 0 aliphatic rings. The molecule has 0 unspecified atom stereocenters. The standard InChI is InChI=1S/C12H13FN2O2/c1-3-6-14-11(16)12(17)15-9-5-4-8(2)10(13)7-9/h3-5,7H,1,6H2,2H3,(H,14,16)(H,15,17). The first kappa shape index (κ1) is 12.9. The smallest absolute Gasteiger partial charge is 0.313 e. The molecular weight excluding hydrogens is 223 g/mol. The highest BCUT2D eigenvalue weighted by Gasteiger charge is 2.12. The van der Waals surface area contributed by atoms with Crippen LogP contribution < -0.4 is 10.6 Å². The van der Waals surface area contributed by atoms with Crippen LogP contribution in [0.15, 0.2) is 30.9 Å². The average molecular weight is 236 g/mol. The Morgan fingerprint density at radius 3 is 2.71 bits per heavy atom. The summed E-state index contributed by atoms with van der Waals surface area (Å²) in [5.41, 5.74) is 0.714. The van der Waals surface area contributed by atoms with Gasteiger partial charge in [0.2, 0.25) is 0 Å². The number of carbonyl (C=O) groups is 2. The van der Waals surface area contributed by atoms with Gasteiger partial charge in [0.15, 0.2) is 0 Å². The molecule has 0 fully saturated rings. The van der Waals surface area contributed by atoms with Crippen molar-refractivity contribution in [2.45, 2.75) is 6.92 Å². The van der Waals surface area contributed by atoms with Crippen molar-refractivity contribution < 1.29 is 14.0 Å². The fourth-order valence-corrected chi connectivity index (χ4v) is 1.10. The summed E-state index contributed by atoms with van der Waals surface area (Å²) < 4.78 is 13.2. The number of anilines is 1. The van der Waals surface area contributed by atoms with Gasteiger partial charge in [-0.25, -0.2) is 4.39 Å². The molecule has 0 aromatic heterocycles. The van der Waals surface area contributed by atoms with E-state index < -0.39 is 17.6 Å². The van der Waals surface area contributed by atoms with Gasteiger partial charge < -0.3 is 10.6 Å². The maximum atomic E-state index is 13.2. The van der Waals surface area contributed by atoms with Crippen LogP contribution in [0.2, 0.25) is 0 Å². The third-order valence-corrected chi connectivity index (χ3v) is 2.04. The minimum absolute atomic E-state index is 0.203. The Morgan fingerprint density at radius 2 is 2.12 bits per heavy atom. The van der Waals surface area contributed by atoms with Gasteiger partial charge in [0.1, 0.15) is 5.82 Å². The summed E-state index contributed by atoms with van der Waals surface area (Å²) in [6.45, 7) is 5.21. The molecule has 0 aliphatic heterocycles. The molecule has 0 saturated heterocycles. The van der Waals surface area contributed by atoms with Gasteiger partial charge in [0.25, 0.3) is 0 Å². The van der Waals surface area contributed by atoms with Gasteiger partial charge in [-0.15, -0.1) is 6.58 Å². The predicted octanol–water partition coefficient (Wildman–Crippen LogP) is 1.37. The number of nitrogens with one attached hydrogen (secondary N) is 2. The minimum atomic E-state index is -0.838. The van der Waals surface area contributed by atoms with Gasteiger partial charge in [-0.1, -0.05) is 12.1 Å². The van der Waals surface area contributed by atoms with Crippen LogP contribution in [0.1, 0.15) is 5.56 Å². The second-order valence-corrected chi connectivity index (χ2v) is 3.42. The fraction of sp³-hybridized carbons (Fsp3) is 0.167. The van der Waals surface area contributed by atoms with Crippen LogP contribution in [0.4, 0.5) is 10.1 Å². The first-order valence-corrected chi connectivity index (χ1v) is 5.01. The molecule has 90 valence electrons. The number of amides is 2. The second-order valence-electron chi connectivity index (χ2n) is 3.42. The van der Waals surface area contributed by atoms with E-state index in [1.165, 1.54) is 18.2 Å². The van der Waals surface area contributed by atoms with Gasteiger partial charge >= 0.3 is 11.8 Å². The summed E-state index contributed by atoms with van der Waals surface area (Å²) in [6, 6.07) is 4.21. The molecule has 17 heavy (non-hydrogen) atoms. The van der Waals surface area contributed by atoms with Crippen LogP contribution in [0, 0.1) is 12.7 Å². The molecule has 1 aromatic rings. The fourth-order valence-electron chi connectivity index (χ4n) is 1.10. The first-order valence-electron chi connectivity index (χ1n) is 5.01. The van der Waals surface area contributed by atoms with Crippen LogP contribution in [-0.2, 0) is 9.59 Å². The predicted molar refractivity (Wildman–Crippen MR) is 63.0 cm³/mol. The number of hydrogen-bond donors (Lipinski definition) is 2. The number of carbonyl (C=O) groups excluding carboxylic acids is 2. The van der Waals surface area contributed by atoms with Crippen molar-refractivity contribution in [1.82, 2.24) is 5.32 Å². The third kappa shape index (κ3) is 3.71. The van der Waals surface area contributed by atoms with Crippen molar-refractivity contribution in [3.05, 3.63) is 42.2 Å². The van der Waals surface area contributed by atoms with Gasteiger partial charge in [0.05, 0.1) is 0 Å². The molecule has 2 N–H and O–H groups in total. The summed E-state index contributed by atoms with van der Waals surface area (Å²) in [4.78, 5) is 22.5. The van der Waals surface area contributed by atoms with Crippen molar-refractivity contribution >= 4 is 17.5 Å². The summed E-state index contributed by atoms with van der Waals surface area (Å²) in [5, 5.41) is 4.61. The van der Waals surface area contributed by atoms with E-state index in [0.717, 1.165) is 6.07 Å². The van der Waals surface area contributed by atoms with Crippen molar-refractivity contribution in [3.8, 4) is 0 Å². The van der Waals surface area contributed by atoms with E-state index in [2.05, 4.69) is 17.2 Å². The molecule has 0 aliphatic carbocycles. The Bertz CT molecular complexity index is 458. The number of halogens is 1. The largest absolute Gasteiger partial charge is 0.344 e. The van der Waals surface area contributed by atoms with Crippen molar-refractivity contribution in [3.63, 3.8) is 0 Å². The molecule has 0 atom stereocenters. The number of benzene rings is 1. The highest BCUT2D eigenvalue weighted by atomic mass is 19.1. The van der Waals surface area contributed by atoms with Crippen molar-refractivity contribution in [1.29, 1.82) is 0 Å². The summed E-state index contributed by atoms with van der Waals surface area (Å²) in [7, 11) is 0. The lowest BCUT2D eigenvalue weighted by atomic mass is 10.2. The molecule has 1 aromatic carbocycles. The summed E-state index contributed by atoms with van der Waals surface area (Å²) in [5.74, 6) is -2.06. The molecule has 4 nitrogen and oxygen atoms in total. The van der Waals surface area contributed by atoms with Gasteiger partial charge in [0, 0.05) is 12.2 Å². The van der Waals surface area contributed by atoms with E-state index in [0.29, 0.717) is 5.56 Å². The lowest BCUT2D eigenvalue weighted by molar-refractivity contribution is -0.136. The maximum Gasteiger partial charge on any atom is 0.313 e. The zero-order valence-corrected chi connectivity index (χ0v) is 9.42. The van der Waals surface area contributed by atoms with Crippen LogP contribution in [0.25, 0.3) is 0 Å². The maximum absolute atomic E-state index is 13.2. The van der Waals surface area contributed by atoms with Gasteiger partial charge in [-0.3, -0.25) is 9.59 Å². The highest BCUT2D eigenvalue weighted by Crippen LogP contribution is 2.13. The summed E-state index contributed by atoms with van der Waals surface area (Å²) >= 11 is 0. The topological polar surface area (TPSA) is 58.2 Å². The van der Waals surface area contributed by atoms with E-state index in [-0.39, 0.29) is 12.2 Å². The molecule has 2 amide bonds. The van der Waals surface area contributed by atoms with Crippen LogP contribution in [0.3, 0.4) is 0 Å². The molecule has 0 saturated carbocycles. The number of aryl methyl sites for hydroxylation is 1. The molecule has 1 rings (SSSR count). The Labute approximate surface area is 98.5 Å². The molecule has 0 heterocycles. The Balaban J connectivity index is 2.64. The number of hydrogen-bond acceptors (Lipinski definition) is 2. The second kappa shape index (κ2) is 5.79. The third-order valence-electron chi connectivity index (χ3n) is 2.04. The van der Waals surface area contributed by atoms with E-state index in [9.17, 15) is 14.0 Å². The molecule has 0 spiro atoms. The molecule has 5 heteroatoms. The van der Waals surface area contributed by atoms with Crippen LogP contribution in [-0.4, -0.2) is 18.4 Å². The van der Waals surface area contributed by atoms with Crippen molar-refractivity contribution in [2.24, 2.45) is 0 Å². The molecule has 0 radical (unpaired) electrons. The van der Waals surface area contributed by atoms with E-state index in [1.807, 2.05) is 0 Å². The highest BCUT2D eigenvalue weighted by molar-refractivity contribution is 6.39. The molecule has 0 bridgehead atoms. The Hall–Kier alpha value is -2.17. The van der Waals surface area contributed by atoms with E-state index in [4.69, 9.17) is 0 Å². The van der Waals surface area contributed by atoms with Gasteiger partial charge in [-0.05, 0) is 24.6 Å². The lowest BCUT2D eigenvalue weighted by Crippen LogP contribution is -2.35. The molecular formula is C12H13FN2O2. The number of rotatable bonds is 3. The van der Waals surface area contributed by atoms with Crippen LogP contribution >= 0.6 is 0 Å².